The topological polar surface area (TPSA) is 26.3 Å². The van der Waals surface area contributed by atoms with E-state index in [0.717, 1.165) is 0 Å². The highest BCUT2D eigenvalue weighted by molar-refractivity contribution is 6.01. The predicted molar refractivity (Wildman–Crippen MR) is 57.6 cm³/mol. The van der Waals surface area contributed by atoms with Gasteiger partial charge in [-0.25, -0.2) is 4.39 Å². The Morgan fingerprint density at radius 1 is 1.10 bits per heavy atom. The standard InChI is InChI=1S/C12H9F7O2/c1-5(2)21-6-3-7(10(20)12(17,18)19)9(13)8(4-6)11(14,15)16/h3-5H,1-2H3. The van der Waals surface area contributed by atoms with Gasteiger partial charge in [-0.2, -0.15) is 26.3 Å². The van der Waals surface area contributed by atoms with Gasteiger partial charge in [-0.3, -0.25) is 4.79 Å². The Morgan fingerprint density at radius 2 is 1.62 bits per heavy atom. The van der Waals surface area contributed by atoms with Gasteiger partial charge in [-0.1, -0.05) is 0 Å². The number of rotatable bonds is 3. The first-order valence-corrected chi connectivity index (χ1v) is 5.53. The van der Waals surface area contributed by atoms with Gasteiger partial charge in [0.2, 0.25) is 0 Å². The molecule has 1 rings (SSSR count). The molecule has 0 aromatic heterocycles. The van der Waals surface area contributed by atoms with E-state index in [1.54, 1.807) is 0 Å². The maximum absolute atomic E-state index is 13.6. The van der Waals surface area contributed by atoms with Crippen LogP contribution in [0.2, 0.25) is 0 Å². The number of halogens is 7. The minimum Gasteiger partial charge on any atom is -0.491 e. The van der Waals surface area contributed by atoms with E-state index in [2.05, 4.69) is 0 Å². The molecule has 0 unspecified atom stereocenters. The van der Waals surface area contributed by atoms with Crippen molar-refractivity contribution >= 4 is 5.78 Å². The molecule has 0 aliphatic heterocycles. The summed E-state index contributed by atoms with van der Waals surface area (Å²) in [7, 11) is 0. The van der Waals surface area contributed by atoms with Crippen molar-refractivity contribution in [2.75, 3.05) is 0 Å². The average molecular weight is 318 g/mol. The van der Waals surface area contributed by atoms with Crippen molar-refractivity contribution in [1.82, 2.24) is 0 Å². The Bertz CT molecular complexity index is 544. The molecule has 0 amide bonds. The molecule has 0 radical (unpaired) electrons. The molecular weight excluding hydrogens is 309 g/mol. The van der Waals surface area contributed by atoms with Crippen LogP contribution in [-0.2, 0) is 6.18 Å². The number of benzene rings is 1. The zero-order valence-corrected chi connectivity index (χ0v) is 10.7. The molecular formula is C12H9F7O2. The smallest absolute Gasteiger partial charge is 0.454 e. The number of ether oxygens (including phenoxy) is 1. The number of hydrogen-bond acceptors (Lipinski definition) is 2. The van der Waals surface area contributed by atoms with Crippen LogP contribution in [0.4, 0.5) is 30.7 Å². The number of hydrogen-bond donors (Lipinski definition) is 0. The van der Waals surface area contributed by atoms with E-state index < -0.39 is 46.9 Å². The third-order valence-electron chi connectivity index (χ3n) is 2.23. The zero-order chi connectivity index (χ0) is 16.6. The Balaban J connectivity index is 3.52. The lowest BCUT2D eigenvalue weighted by atomic mass is 10.0. The molecule has 0 aliphatic carbocycles. The summed E-state index contributed by atoms with van der Waals surface area (Å²) >= 11 is 0. The zero-order valence-electron chi connectivity index (χ0n) is 10.7. The fourth-order valence-electron chi connectivity index (χ4n) is 1.46. The number of alkyl halides is 6. The molecule has 2 nitrogen and oxygen atoms in total. The van der Waals surface area contributed by atoms with Gasteiger partial charge >= 0.3 is 12.4 Å². The van der Waals surface area contributed by atoms with Gasteiger partial charge in [0.05, 0.1) is 17.2 Å². The quantitative estimate of drug-likeness (QED) is 0.611. The third kappa shape index (κ3) is 4.08. The van der Waals surface area contributed by atoms with Crippen LogP contribution in [-0.4, -0.2) is 18.1 Å². The van der Waals surface area contributed by atoms with Gasteiger partial charge in [0.1, 0.15) is 11.6 Å². The predicted octanol–water partition coefficient (Wildman–Crippen LogP) is 4.38. The maximum atomic E-state index is 13.6. The maximum Gasteiger partial charge on any atom is 0.454 e. The second-order valence-electron chi connectivity index (χ2n) is 4.32. The molecule has 0 saturated heterocycles. The van der Waals surface area contributed by atoms with E-state index in [1.165, 1.54) is 13.8 Å². The first-order valence-electron chi connectivity index (χ1n) is 5.53. The largest absolute Gasteiger partial charge is 0.491 e. The second-order valence-corrected chi connectivity index (χ2v) is 4.32. The average Bonchev–Trinajstić information content (AvgIpc) is 2.26. The molecule has 1 aromatic rings. The van der Waals surface area contributed by atoms with Crippen molar-refractivity contribution in [3.05, 3.63) is 29.1 Å². The van der Waals surface area contributed by atoms with Crippen LogP contribution in [0.15, 0.2) is 12.1 Å². The first kappa shape index (κ1) is 17.3. The molecule has 0 fully saturated rings. The minimum absolute atomic E-state index is 0.211. The number of Topliss-reactive ketones (excluding diaryl/α,β-unsaturated/α-hetero) is 1. The summed E-state index contributed by atoms with van der Waals surface area (Å²) in [5.74, 6) is -5.66. The number of ketones is 1. The van der Waals surface area contributed by atoms with Crippen molar-refractivity contribution in [2.24, 2.45) is 0 Å². The fourth-order valence-corrected chi connectivity index (χ4v) is 1.46. The lowest BCUT2D eigenvalue weighted by Gasteiger charge is -2.16. The SMILES string of the molecule is CC(C)Oc1cc(C(=O)C(F)(F)F)c(F)c(C(F)(F)F)c1. The molecule has 1 aromatic carbocycles. The Labute approximate surface area is 114 Å². The number of carbonyl (C=O) groups excluding carboxylic acids is 1. The van der Waals surface area contributed by atoms with Crippen LogP contribution in [0.3, 0.4) is 0 Å². The highest BCUT2D eigenvalue weighted by Crippen LogP contribution is 2.37. The molecule has 0 saturated carbocycles. The molecule has 0 heterocycles. The van der Waals surface area contributed by atoms with Crippen molar-refractivity contribution in [3.8, 4) is 5.75 Å². The first-order chi connectivity index (χ1) is 9.34. The molecule has 0 aliphatic rings. The van der Waals surface area contributed by atoms with E-state index in [9.17, 15) is 35.5 Å². The summed E-state index contributed by atoms with van der Waals surface area (Å²) in [5.41, 5.74) is -3.72. The van der Waals surface area contributed by atoms with E-state index in [0.29, 0.717) is 6.07 Å². The summed E-state index contributed by atoms with van der Waals surface area (Å²) in [6, 6.07) is 0.517. The Kier molecular flexibility index (Phi) is 4.54. The molecule has 0 bridgehead atoms. The summed E-state index contributed by atoms with van der Waals surface area (Å²) in [5, 5.41) is 0. The fraction of sp³-hybridized carbons (Fsp3) is 0.417. The van der Waals surface area contributed by atoms with Crippen molar-refractivity contribution < 1.29 is 40.3 Å². The van der Waals surface area contributed by atoms with Gasteiger partial charge in [0.25, 0.3) is 5.78 Å². The van der Waals surface area contributed by atoms with E-state index in [1.807, 2.05) is 0 Å². The van der Waals surface area contributed by atoms with E-state index in [-0.39, 0.29) is 6.07 Å². The molecule has 9 heteroatoms. The van der Waals surface area contributed by atoms with Gasteiger partial charge in [0.15, 0.2) is 0 Å². The van der Waals surface area contributed by atoms with Gasteiger partial charge in [-0.15, -0.1) is 0 Å². The van der Waals surface area contributed by atoms with Crippen LogP contribution >= 0.6 is 0 Å². The highest BCUT2D eigenvalue weighted by atomic mass is 19.4. The minimum atomic E-state index is -5.50. The van der Waals surface area contributed by atoms with Gasteiger partial charge in [-0.05, 0) is 26.0 Å². The summed E-state index contributed by atoms with van der Waals surface area (Å²) in [4.78, 5) is 11.0. The van der Waals surface area contributed by atoms with Crippen LogP contribution in [0.25, 0.3) is 0 Å². The summed E-state index contributed by atoms with van der Waals surface area (Å²) in [6.07, 6.45) is -11.4. The van der Waals surface area contributed by atoms with Gasteiger partial charge < -0.3 is 4.74 Å². The monoisotopic (exact) mass is 318 g/mol. The summed E-state index contributed by atoms with van der Waals surface area (Å²) < 4.78 is 93.1. The van der Waals surface area contributed by atoms with Crippen LogP contribution < -0.4 is 4.74 Å². The second kappa shape index (κ2) is 5.53. The number of carbonyl (C=O) groups is 1. The molecule has 0 spiro atoms. The summed E-state index contributed by atoms with van der Waals surface area (Å²) in [6.45, 7) is 2.81. The van der Waals surface area contributed by atoms with Crippen LogP contribution in [0.5, 0.6) is 5.75 Å². The van der Waals surface area contributed by atoms with Crippen LogP contribution in [0, 0.1) is 5.82 Å². The van der Waals surface area contributed by atoms with Crippen molar-refractivity contribution in [1.29, 1.82) is 0 Å². The molecule has 118 valence electrons. The van der Waals surface area contributed by atoms with Crippen molar-refractivity contribution in [2.45, 2.75) is 32.3 Å². The normalized spacial score (nSPS) is 12.7. The lowest BCUT2D eigenvalue weighted by molar-refractivity contribution is -0.140. The Hall–Kier alpha value is -1.80. The highest BCUT2D eigenvalue weighted by Gasteiger charge is 2.44. The van der Waals surface area contributed by atoms with Crippen LogP contribution in [0.1, 0.15) is 29.8 Å². The third-order valence-corrected chi connectivity index (χ3v) is 2.23. The van der Waals surface area contributed by atoms with Gasteiger partial charge in [0, 0.05) is 0 Å². The lowest BCUT2D eigenvalue weighted by Crippen LogP contribution is -2.25. The van der Waals surface area contributed by atoms with E-state index in [4.69, 9.17) is 4.74 Å². The van der Waals surface area contributed by atoms with Crippen molar-refractivity contribution in [3.63, 3.8) is 0 Å². The molecule has 0 atom stereocenters. The molecule has 0 N–H and O–H groups in total. The Morgan fingerprint density at radius 3 is 2.00 bits per heavy atom. The van der Waals surface area contributed by atoms with E-state index >= 15 is 0 Å². The molecule has 21 heavy (non-hydrogen) atoms.